The van der Waals surface area contributed by atoms with Crippen LogP contribution >= 0.6 is 11.6 Å². The highest BCUT2D eigenvalue weighted by molar-refractivity contribution is 6.31. The van der Waals surface area contributed by atoms with Gasteiger partial charge in [0.15, 0.2) is 0 Å². The Kier molecular flexibility index (Phi) is 9.30. The number of hydrogen-bond acceptors (Lipinski definition) is 4. The molecular weight excluding hydrogens is 534 g/mol. The fourth-order valence-electron chi connectivity index (χ4n) is 4.54. The first kappa shape index (κ1) is 27.9. The van der Waals surface area contributed by atoms with Crippen LogP contribution in [0, 0.1) is 0 Å². The van der Waals surface area contributed by atoms with Gasteiger partial charge in [-0.1, -0.05) is 78.3 Å². The molecule has 1 aromatic heterocycles. The summed E-state index contributed by atoms with van der Waals surface area (Å²) >= 11 is 6.11. The van der Waals surface area contributed by atoms with Gasteiger partial charge in [0.2, 0.25) is 0 Å². The van der Waals surface area contributed by atoms with Crippen molar-refractivity contribution in [2.24, 2.45) is 0 Å². The molecule has 5 aromatic rings. The molecule has 0 fully saturated rings. The molecule has 0 unspecified atom stereocenters. The summed E-state index contributed by atoms with van der Waals surface area (Å²) in [5.41, 5.74) is 5.79. The molecular formula is C35H30ClNO4. The number of carboxylic acids is 1. The molecule has 0 saturated heterocycles. The SMILES string of the molecule is O=C(O)CCc1ccccc1-c1cccc(OCCCOc2cccc(C=Cc3ccc4ccc(Cl)cc4n3)c2)c1. The summed E-state index contributed by atoms with van der Waals surface area (Å²) in [5.74, 6) is 0.768. The molecule has 41 heavy (non-hydrogen) atoms. The number of nitrogens with zero attached hydrogens (tertiary/aromatic N) is 1. The lowest BCUT2D eigenvalue weighted by molar-refractivity contribution is -0.136. The highest BCUT2D eigenvalue weighted by Crippen LogP contribution is 2.28. The molecule has 5 nitrogen and oxygen atoms in total. The van der Waals surface area contributed by atoms with Crippen LogP contribution in [0.2, 0.25) is 5.02 Å². The van der Waals surface area contributed by atoms with E-state index in [0.29, 0.717) is 24.7 Å². The van der Waals surface area contributed by atoms with E-state index >= 15 is 0 Å². The van der Waals surface area contributed by atoms with Crippen molar-refractivity contribution < 1.29 is 19.4 Å². The van der Waals surface area contributed by atoms with E-state index in [0.717, 1.165) is 56.8 Å². The Balaban J connectivity index is 1.12. The van der Waals surface area contributed by atoms with E-state index in [2.05, 4.69) is 4.98 Å². The number of aromatic nitrogens is 1. The smallest absolute Gasteiger partial charge is 0.303 e. The number of carboxylic acid groups (broad SMARTS) is 1. The van der Waals surface area contributed by atoms with Gasteiger partial charge >= 0.3 is 5.97 Å². The summed E-state index contributed by atoms with van der Waals surface area (Å²) in [7, 11) is 0. The van der Waals surface area contributed by atoms with Crippen LogP contribution in [0.4, 0.5) is 0 Å². The predicted molar refractivity (Wildman–Crippen MR) is 166 cm³/mol. The number of fused-ring (bicyclic) bond motifs is 1. The van der Waals surface area contributed by atoms with Crippen molar-refractivity contribution in [3.05, 3.63) is 125 Å². The summed E-state index contributed by atoms with van der Waals surface area (Å²) in [6.45, 7) is 1.04. The Morgan fingerprint density at radius 3 is 2.39 bits per heavy atom. The number of aryl methyl sites for hydroxylation is 1. The highest BCUT2D eigenvalue weighted by Gasteiger charge is 2.08. The molecule has 6 heteroatoms. The molecule has 1 heterocycles. The van der Waals surface area contributed by atoms with Crippen molar-refractivity contribution in [3.8, 4) is 22.6 Å². The average Bonchev–Trinajstić information content (AvgIpc) is 2.99. The first-order chi connectivity index (χ1) is 20.0. The van der Waals surface area contributed by atoms with Crippen molar-refractivity contribution in [2.75, 3.05) is 13.2 Å². The third-order valence-corrected chi connectivity index (χ3v) is 6.81. The van der Waals surface area contributed by atoms with Crippen molar-refractivity contribution in [2.45, 2.75) is 19.3 Å². The zero-order valence-corrected chi connectivity index (χ0v) is 23.3. The minimum absolute atomic E-state index is 0.101. The van der Waals surface area contributed by atoms with Crippen LogP contribution in [0.1, 0.15) is 29.7 Å². The first-order valence-corrected chi connectivity index (χ1v) is 13.9. The predicted octanol–water partition coefficient (Wildman–Crippen LogP) is 8.59. The standard InChI is InChI=1S/C35H30ClNO4/c36-29-16-13-27-14-18-30(37-34(27)24-29)17-12-25-6-3-9-31(22-25)40-20-5-21-41-32-10-4-8-28(23-32)33-11-2-1-7-26(33)15-19-35(38)39/h1-4,6-14,16-18,22-24H,5,15,19-21H2,(H,38,39). The van der Waals surface area contributed by atoms with Gasteiger partial charge in [0.05, 0.1) is 24.4 Å². The Morgan fingerprint density at radius 1 is 0.805 bits per heavy atom. The third-order valence-electron chi connectivity index (χ3n) is 6.58. The summed E-state index contributed by atoms with van der Waals surface area (Å²) < 4.78 is 12.0. The highest BCUT2D eigenvalue weighted by atomic mass is 35.5. The van der Waals surface area contributed by atoms with Crippen LogP contribution in [0.15, 0.2) is 103 Å². The van der Waals surface area contributed by atoms with Gasteiger partial charge in [0.1, 0.15) is 11.5 Å². The molecule has 0 saturated carbocycles. The van der Waals surface area contributed by atoms with E-state index in [-0.39, 0.29) is 6.42 Å². The maximum Gasteiger partial charge on any atom is 0.303 e. The Hall–Kier alpha value is -4.61. The number of carbonyl (C=O) groups is 1. The molecule has 0 atom stereocenters. The second-order valence-electron chi connectivity index (χ2n) is 9.61. The van der Waals surface area contributed by atoms with Gasteiger partial charge in [-0.05, 0) is 77.2 Å². The van der Waals surface area contributed by atoms with Gasteiger partial charge in [0, 0.05) is 23.3 Å². The lowest BCUT2D eigenvalue weighted by Gasteiger charge is -2.12. The first-order valence-electron chi connectivity index (χ1n) is 13.5. The van der Waals surface area contributed by atoms with Crippen LogP contribution < -0.4 is 9.47 Å². The number of halogens is 1. The summed E-state index contributed by atoms with van der Waals surface area (Å²) in [5, 5.41) is 10.8. The monoisotopic (exact) mass is 563 g/mol. The quantitative estimate of drug-likeness (QED) is 0.154. The van der Waals surface area contributed by atoms with E-state index < -0.39 is 5.97 Å². The van der Waals surface area contributed by atoms with Crippen molar-refractivity contribution in [3.63, 3.8) is 0 Å². The zero-order valence-electron chi connectivity index (χ0n) is 22.5. The number of hydrogen-bond donors (Lipinski definition) is 1. The average molecular weight is 564 g/mol. The number of pyridine rings is 1. The molecule has 0 aliphatic heterocycles. The molecule has 4 aromatic carbocycles. The number of benzene rings is 4. The maximum absolute atomic E-state index is 11.0. The Bertz CT molecular complexity index is 1680. The van der Waals surface area contributed by atoms with Crippen molar-refractivity contribution in [1.82, 2.24) is 4.98 Å². The minimum atomic E-state index is -0.799. The van der Waals surface area contributed by atoms with Crippen LogP contribution in [-0.2, 0) is 11.2 Å². The second-order valence-corrected chi connectivity index (χ2v) is 10.0. The van der Waals surface area contributed by atoms with Gasteiger partial charge in [-0.3, -0.25) is 4.79 Å². The zero-order chi connectivity index (χ0) is 28.4. The molecule has 0 amide bonds. The molecule has 0 bridgehead atoms. The van der Waals surface area contributed by atoms with Crippen molar-refractivity contribution in [1.29, 1.82) is 0 Å². The van der Waals surface area contributed by atoms with E-state index in [4.69, 9.17) is 26.2 Å². The molecule has 1 N–H and O–H groups in total. The van der Waals surface area contributed by atoms with E-state index in [1.807, 2.05) is 115 Å². The number of aliphatic carboxylic acids is 1. The second kappa shape index (κ2) is 13.6. The molecule has 0 aliphatic carbocycles. The molecule has 5 rings (SSSR count). The van der Waals surface area contributed by atoms with Crippen LogP contribution in [0.3, 0.4) is 0 Å². The number of rotatable bonds is 12. The van der Waals surface area contributed by atoms with Gasteiger partial charge in [-0.2, -0.15) is 0 Å². The largest absolute Gasteiger partial charge is 0.493 e. The van der Waals surface area contributed by atoms with E-state index in [1.54, 1.807) is 0 Å². The molecule has 0 aliphatic rings. The topological polar surface area (TPSA) is 68.7 Å². The van der Waals surface area contributed by atoms with Gasteiger partial charge in [-0.15, -0.1) is 0 Å². The third kappa shape index (κ3) is 7.96. The van der Waals surface area contributed by atoms with E-state index in [1.165, 1.54) is 0 Å². The van der Waals surface area contributed by atoms with Crippen molar-refractivity contribution >= 4 is 40.6 Å². The molecule has 0 spiro atoms. The Labute approximate surface area is 244 Å². The summed E-state index contributed by atoms with van der Waals surface area (Å²) in [6.07, 6.45) is 5.31. The molecule has 206 valence electrons. The minimum Gasteiger partial charge on any atom is -0.493 e. The van der Waals surface area contributed by atoms with Gasteiger partial charge in [0.25, 0.3) is 0 Å². The Morgan fingerprint density at radius 2 is 1.56 bits per heavy atom. The lowest BCUT2D eigenvalue weighted by Crippen LogP contribution is -2.05. The lowest BCUT2D eigenvalue weighted by atomic mass is 9.96. The summed E-state index contributed by atoms with van der Waals surface area (Å²) in [6, 6.07) is 33.5. The van der Waals surface area contributed by atoms with Gasteiger partial charge in [-0.25, -0.2) is 4.98 Å². The number of ether oxygens (including phenoxy) is 2. The van der Waals surface area contributed by atoms with Crippen LogP contribution in [-0.4, -0.2) is 29.3 Å². The maximum atomic E-state index is 11.0. The fourth-order valence-corrected chi connectivity index (χ4v) is 4.71. The fraction of sp³-hybridized carbons (Fsp3) is 0.143. The van der Waals surface area contributed by atoms with Crippen LogP contribution in [0.25, 0.3) is 34.2 Å². The van der Waals surface area contributed by atoms with Crippen LogP contribution in [0.5, 0.6) is 11.5 Å². The van der Waals surface area contributed by atoms with Gasteiger partial charge < -0.3 is 14.6 Å². The normalized spacial score (nSPS) is 11.1. The molecule has 0 radical (unpaired) electrons. The van der Waals surface area contributed by atoms with E-state index in [9.17, 15) is 4.79 Å². The summed E-state index contributed by atoms with van der Waals surface area (Å²) in [4.78, 5) is 15.7.